The minimum absolute atomic E-state index is 0.0301. The van der Waals surface area contributed by atoms with Crippen molar-refractivity contribution in [2.24, 2.45) is 0 Å². The topological polar surface area (TPSA) is 70.7 Å². The summed E-state index contributed by atoms with van der Waals surface area (Å²) in [5, 5.41) is 5.21. The van der Waals surface area contributed by atoms with Gasteiger partial charge in [0.1, 0.15) is 11.8 Å². The Balaban J connectivity index is 1.86. The Labute approximate surface area is 129 Å². The minimum Gasteiger partial charge on any atom is -0.482 e. The summed E-state index contributed by atoms with van der Waals surface area (Å²) in [5.74, 6) is -0.762. The first kappa shape index (κ1) is 15.6. The van der Waals surface area contributed by atoms with Gasteiger partial charge in [-0.25, -0.2) is 0 Å². The number of hydrogen-bond donors (Lipinski definition) is 2. The van der Waals surface area contributed by atoms with Crippen LogP contribution < -0.4 is 15.4 Å². The zero-order valence-corrected chi connectivity index (χ0v) is 11.9. The number of benzene rings is 1. The second-order valence-corrected chi connectivity index (χ2v) is 5.31. The maximum absolute atomic E-state index is 13.1. The summed E-state index contributed by atoms with van der Waals surface area (Å²) < 4.78 is 44.4. The van der Waals surface area contributed by atoms with Crippen LogP contribution in [0.25, 0.3) is 0 Å². The molecule has 1 saturated heterocycles. The molecule has 0 aromatic heterocycles. The van der Waals surface area contributed by atoms with Gasteiger partial charge in [-0.05, 0) is 18.2 Å². The third-order valence-corrected chi connectivity index (χ3v) is 3.74. The number of ether oxygens (including phenoxy) is 1. The van der Waals surface area contributed by atoms with E-state index in [4.69, 9.17) is 4.74 Å². The van der Waals surface area contributed by atoms with E-state index >= 15 is 0 Å². The number of amides is 2. The van der Waals surface area contributed by atoms with E-state index in [9.17, 15) is 22.8 Å². The maximum atomic E-state index is 13.1. The second kappa shape index (κ2) is 5.73. The molecule has 6 nitrogen and oxygen atoms in total. The fraction of sp³-hybridized carbons (Fsp3) is 0.429. The van der Waals surface area contributed by atoms with Gasteiger partial charge in [0.05, 0.1) is 5.69 Å². The molecule has 2 N–H and O–H groups in total. The highest BCUT2D eigenvalue weighted by atomic mass is 19.4. The number of carbonyl (C=O) groups excluding carboxylic acids is 2. The number of alkyl halides is 3. The third-order valence-electron chi connectivity index (χ3n) is 3.74. The molecule has 2 heterocycles. The van der Waals surface area contributed by atoms with Crippen LogP contribution in [-0.2, 0) is 4.79 Å². The lowest BCUT2D eigenvalue weighted by molar-refractivity contribution is -0.179. The average molecular weight is 329 g/mol. The average Bonchev–Trinajstić information content (AvgIpc) is 2.53. The zero-order chi connectivity index (χ0) is 16.6. The Kier molecular flexibility index (Phi) is 3.88. The predicted molar refractivity (Wildman–Crippen MR) is 74.3 cm³/mol. The van der Waals surface area contributed by atoms with Gasteiger partial charge in [-0.1, -0.05) is 0 Å². The first-order chi connectivity index (χ1) is 10.9. The summed E-state index contributed by atoms with van der Waals surface area (Å²) in [4.78, 5) is 24.5. The van der Waals surface area contributed by atoms with Crippen molar-refractivity contribution in [3.8, 4) is 5.75 Å². The normalized spacial score (nSPS) is 21.3. The van der Waals surface area contributed by atoms with Gasteiger partial charge < -0.3 is 20.3 Å². The van der Waals surface area contributed by atoms with Gasteiger partial charge >= 0.3 is 6.18 Å². The Morgan fingerprint density at radius 2 is 2.13 bits per heavy atom. The molecule has 3 rings (SSSR count). The lowest BCUT2D eigenvalue weighted by Gasteiger charge is -2.37. The van der Waals surface area contributed by atoms with Crippen LogP contribution in [-0.4, -0.2) is 55.2 Å². The molecule has 124 valence electrons. The molecule has 0 saturated carbocycles. The molecule has 23 heavy (non-hydrogen) atoms. The molecule has 2 aliphatic heterocycles. The number of carbonyl (C=O) groups is 2. The Morgan fingerprint density at radius 3 is 2.87 bits per heavy atom. The molecule has 1 unspecified atom stereocenters. The van der Waals surface area contributed by atoms with Gasteiger partial charge in [0.2, 0.25) is 0 Å². The third kappa shape index (κ3) is 3.09. The number of fused-ring (bicyclic) bond motifs is 1. The van der Waals surface area contributed by atoms with Gasteiger partial charge in [-0.3, -0.25) is 9.59 Å². The molecular weight excluding hydrogens is 315 g/mol. The number of piperazine rings is 1. The summed E-state index contributed by atoms with van der Waals surface area (Å²) in [7, 11) is 0. The summed E-state index contributed by atoms with van der Waals surface area (Å²) >= 11 is 0. The van der Waals surface area contributed by atoms with E-state index in [1.165, 1.54) is 18.2 Å². The Morgan fingerprint density at radius 1 is 1.35 bits per heavy atom. The van der Waals surface area contributed by atoms with Crippen LogP contribution in [0.2, 0.25) is 0 Å². The molecule has 9 heteroatoms. The molecule has 1 aromatic rings. The Bertz CT molecular complexity index is 648. The van der Waals surface area contributed by atoms with Crippen molar-refractivity contribution >= 4 is 17.5 Å². The fourth-order valence-electron chi connectivity index (χ4n) is 2.61. The summed E-state index contributed by atoms with van der Waals surface area (Å²) in [6.07, 6.45) is -4.50. The highest BCUT2D eigenvalue weighted by Gasteiger charge is 2.46. The van der Waals surface area contributed by atoms with Crippen molar-refractivity contribution in [1.29, 1.82) is 0 Å². The van der Waals surface area contributed by atoms with Crippen LogP contribution in [0, 0.1) is 0 Å². The van der Waals surface area contributed by atoms with Crippen molar-refractivity contribution in [2.75, 3.05) is 31.6 Å². The molecular formula is C14H14F3N3O3. The largest absolute Gasteiger partial charge is 0.482 e. The molecule has 1 atom stereocenters. The standard InChI is InChI=1S/C14H14F3N3O3/c15-14(16,17)11-6-18-3-4-20(11)13(22)8-1-2-9-10(5-8)23-7-12(21)19-9/h1-2,5,11,18H,3-4,6-7H2,(H,19,21). The summed E-state index contributed by atoms with van der Waals surface area (Å²) in [6.45, 7) is -0.246. The lowest BCUT2D eigenvalue weighted by Crippen LogP contribution is -2.59. The minimum atomic E-state index is -4.50. The Hall–Kier alpha value is -2.29. The van der Waals surface area contributed by atoms with E-state index in [0.717, 1.165) is 4.90 Å². The summed E-state index contributed by atoms with van der Waals surface area (Å²) in [5.41, 5.74) is 0.488. The van der Waals surface area contributed by atoms with Crippen LogP contribution in [0.3, 0.4) is 0 Å². The van der Waals surface area contributed by atoms with Crippen LogP contribution in [0.5, 0.6) is 5.75 Å². The second-order valence-electron chi connectivity index (χ2n) is 5.31. The van der Waals surface area contributed by atoms with Gasteiger partial charge in [-0.15, -0.1) is 0 Å². The fourth-order valence-corrected chi connectivity index (χ4v) is 2.61. The number of rotatable bonds is 1. The van der Waals surface area contributed by atoms with Crippen LogP contribution >= 0.6 is 0 Å². The summed E-state index contributed by atoms with van der Waals surface area (Å²) in [6, 6.07) is 2.32. The van der Waals surface area contributed by atoms with E-state index in [1.54, 1.807) is 0 Å². The molecule has 0 bridgehead atoms. The molecule has 0 spiro atoms. The number of nitrogens with one attached hydrogen (secondary N) is 2. The number of nitrogens with zero attached hydrogens (tertiary/aromatic N) is 1. The molecule has 2 aliphatic rings. The number of hydrogen-bond acceptors (Lipinski definition) is 4. The molecule has 1 fully saturated rings. The van der Waals surface area contributed by atoms with Crippen LogP contribution in [0.4, 0.5) is 18.9 Å². The van der Waals surface area contributed by atoms with Crippen LogP contribution in [0.15, 0.2) is 18.2 Å². The van der Waals surface area contributed by atoms with E-state index < -0.39 is 18.1 Å². The van der Waals surface area contributed by atoms with Crippen LogP contribution in [0.1, 0.15) is 10.4 Å². The van der Waals surface area contributed by atoms with E-state index in [1.807, 2.05) is 0 Å². The van der Waals surface area contributed by atoms with Gasteiger partial charge in [0, 0.05) is 25.2 Å². The van der Waals surface area contributed by atoms with Gasteiger partial charge in [-0.2, -0.15) is 13.2 Å². The van der Waals surface area contributed by atoms with Crippen molar-refractivity contribution < 1.29 is 27.5 Å². The van der Waals surface area contributed by atoms with E-state index in [2.05, 4.69) is 10.6 Å². The van der Waals surface area contributed by atoms with Gasteiger partial charge in [0.15, 0.2) is 6.61 Å². The molecule has 0 aliphatic carbocycles. The number of anilines is 1. The smallest absolute Gasteiger partial charge is 0.410 e. The van der Waals surface area contributed by atoms with Crippen molar-refractivity contribution in [1.82, 2.24) is 10.2 Å². The quantitative estimate of drug-likeness (QED) is 0.806. The highest BCUT2D eigenvalue weighted by Crippen LogP contribution is 2.31. The van der Waals surface area contributed by atoms with Crippen molar-refractivity contribution in [3.63, 3.8) is 0 Å². The lowest BCUT2D eigenvalue weighted by atomic mass is 10.1. The zero-order valence-electron chi connectivity index (χ0n) is 11.9. The molecule has 0 radical (unpaired) electrons. The van der Waals surface area contributed by atoms with Gasteiger partial charge in [0.25, 0.3) is 11.8 Å². The number of halogens is 3. The monoisotopic (exact) mass is 329 g/mol. The van der Waals surface area contributed by atoms with E-state index in [0.29, 0.717) is 12.2 Å². The maximum Gasteiger partial charge on any atom is 0.410 e. The highest BCUT2D eigenvalue weighted by molar-refractivity contribution is 5.99. The van der Waals surface area contributed by atoms with E-state index in [-0.39, 0.29) is 36.9 Å². The predicted octanol–water partition coefficient (Wildman–Crippen LogP) is 0.994. The first-order valence-corrected chi connectivity index (χ1v) is 7.01. The molecule has 1 aromatic carbocycles. The van der Waals surface area contributed by atoms with Crippen molar-refractivity contribution in [3.05, 3.63) is 23.8 Å². The first-order valence-electron chi connectivity index (χ1n) is 7.01. The molecule has 2 amide bonds. The van der Waals surface area contributed by atoms with Crippen molar-refractivity contribution in [2.45, 2.75) is 12.2 Å². The SMILES string of the molecule is O=C1COc2cc(C(=O)N3CCNCC3C(F)(F)F)ccc2N1.